The largest absolute Gasteiger partial charge is 0.306 e. The number of rotatable bonds is 13. The Bertz CT molecular complexity index is 2210. The summed E-state index contributed by atoms with van der Waals surface area (Å²) in [5.74, 6) is -1.76. The monoisotopic (exact) mass is 784 g/mol. The van der Waals surface area contributed by atoms with Crippen LogP contribution in [0.15, 0.2) is 55.0 Å². The van der Waals surface area contributed by atoms with Crippen molar-refractivity contribution in [1.82, 2.24) is 40.2 Å². The number of amides is 2. The van der Waals surface area contributed by atoms with Crippen molar-refractivity contribution < 1.29 is 22.8 Å². The van der Waals surface area contributed by atoms with Crippen molar-refractivity contribution in [2.75, 3.05) is 49.9 Å². The summed E-state index contributed by atoms with van der Waals surface area (Å²) >= 11 is 0. The molecule has 4 N–H and O–H groups in total. The van der Waals surface area contributed by atoms with Crippen LogP contribution in [0.25, 0.3) is 33.4 Å². The zero-order valence-electron chi connectivity index (χ0n) is 33.0. The third kappa shape index (κ3) is 9.20. The van der Waals surface area contributed by atoms with Crippen molar-refractivity contribution in [3.63, 3.8) is 0 Å². The lowest BCUT2D eigenvalue weighted by Crippen LogP contribution is -2.45. The molecule has 2 aliphatic rings. The molecule has 2 saturated heterocycles. The number of fused-ring (bicyclic) bond motifs is 1. The number of benzene rings is 1. The van der Waals surface area contributed by atoms with Gasteiger partial charge in [0.1, 0.15) is 17.2 Å². The first-order valence-corrected chi connectivity index (χ1v) is 19.8. The topological polar surface area (TPSA) is 148 Å². The van der Waals surface area contributed by atoms with Gasteiger partial charge in [-0.1, -0.05) is 45.9 Å². The van der Waals surface area contributed by atoms with E-state index < -0.39 is 28.3 Å². The van der Waals surface area contributed by atoms with Crippen LogP contribution in [0.2, 0.25) is 0 Å². The molecule has 1 aromatic carbocycles. The van der Waals surface area contributed by atoms with Crippen LogP contribution in [0.1, 0.15) is 66.2 Å². The molecule has 0 aliphatic carbocycles. The second kappa shape index (κ2) is 16.8. The molecule has 12 nitrogen and oxygen atoms in total. The summed E-state index contributed by atoms with van der Waals surface area (Å²) in [6.07, 6.45) is 9.63. The van der Waals surface area contributed by atoms with E-state index in [1.165, 1.54) is 12.6 Å². The highest BCUT2D eigenvalue weighted by Gasteiger charge is 2.35. The highest BCUT2D eigenvalue weighted by atomic mass is 19.1. The molecule has 6 heterocycles. The highest BCUT2D eigenvalue weighted by Crippen LogP contribution is 2.35. The first-order chi connectivity index (χ1) is 27.3. The molecule has 4 aromatic heterocycles. The van der Waals surface area contributed by atoms with Crippen LogP contribution >= 0.6 is 0 Å². The van der Waals surface area contributed by atoms with Crippen LogP contribution in [0.3, 0.4) is 0 Å². The predicted octanol–water partition coefficient (Wildman–Crippen LogP) is 7.66. The number of hydrogen-bond donors (Lipinski definition) is 4. The van der Waals surface area contributed by atoms with Crippen LogP contribution in [0.5, 0.6) is 0 Å². The van der Waals surface area contributed by atoms with Gasteiger partial charge in [0.2, 0.25) is 11.8 Å². The number of aromatic amines is 2. The van der Waals surface area contributed by atoms with Gasteiger partial charge in [-0.05, 0) is 101 Å². The Morgan fingerprint density at radius 1 is 0.754 bits per heavy atom. The van der Waals surface area contributed by atoms with E-state index in [4.69, 9.17) is 0 Å². The van der Waals surface area contributed by atoms with Crippen LogP contribution in [-0.2, 0) is 9.59 Å². The molecule has 0 spiro atoms. The number of nitrogens with one attached hydrogen (secondary N) is 4. The minimum atomic E-state index is -0.776. The van der Waals surface area contributed by atoms with E-state index in [-0.39, 0.29) is 40.4 Å². The van der Waals surface area contributed by atoms with Crippen molar-refractivity contribution in [3.8, 4) is 22.5 Å². The summed E-state index contributed by atoms with van der Waals surface area (Å²) in [5.41, 5.74) is 0.181. The van der Waals surface area contributed by atoms with E-state index in [1.807, 2.05) is 58.0 Å². The number of piperidine rings is 2. The third-order valence-electron chi connectivity index (χ3n) is 11.9. The van der Waals surface area contributed by atoms with Gasteiger partial charge in [-0.2, -0.15) is 10.2 Å². The molecule has 0 radical (unpaired) electrons. The average Bonchev–Trinajstić information content (AvgIpc) is 3.76. The zero-order valence-corrected chi connectivity index (χ0v) is 33.0. The van der Waals surface area contributed by atoms with E-state index in [2.05, 4.69) is 50.8 Å². The van der Waals surface area contributed by atoms with Gasteiger partial charge in [0.15, 0.2) is 23.3 Å². The maximum Gasteiger partial charge on any atom is 0.231 e. The number of halogens is 3. The number of H-pyrrole nitrogens is 2. The van der Waals surface area contributed by atoms with E-state index >= 15 is 8.78 Å². The van der Waals surface area contributed by atoms with Crippen molar-refractivity contribution in [1.29, 1.82) is 0 Å². The molecule has 15 heteroatoms. The zero-order chi connectivity index (χ0) is 40.3. The van der Waals surface area contributed by atoms with Gasteiger partial charge in [0, 0.05) is 46.3 Å². The molecule has 2 fully saturated rings. The fourth-order valence-corrected chi connectivity index (χ4v) is 7.94. The second-order valence-corrected chi connectivity index (χ2v) is 16.9. The lowest BCUT2D eigenvalue weighted by molar-refractivity contribution is -0.125. The van der Waals surface area contributed by atoms with E-state index in [9.17, 15) is 14.0 Å². The van der Waals surface area contributed by atoms with Gasteiger partial charge in [0.05, 0.1) is 11.7 Å². The minimum absolute atomic E-state index is 0.0418. The van der Waals surface area contributed by atoms with Crippen molar-refractivity contribution in [2.24, 2.45) is 22.7 Å². The number of para-hydroxylation sites is 1. The van der Waals surface area contributed by atoms with Gasteiger partial charge in [-0.15, -0.1) is 0 Å². The molecular formula is C42H51F3N10O2. The van der Waals surface area contributed by atoms with Crippen LogP contribution in [0, 0.1) is 40.1 Å². The van der Waals surface area contributed by atoms with Gasteiger partial charge in [-0.25, -0.2) is 13.2 Å². The summed E-state index contributed by atoms with van der Waals surface area (Å²) < 4.78 is 44.2. The second-order valence-electron chi connectivity index (χ2n) is 16.9. The molecule has 0 saturated carbocycles. The maximum absolute atomic E-state index is 15.5. The van der Waals surface area contributed by atoms with Gasteiger partial charge in [0.25, 0.3) is 0 Å². The van der Waals surface area contributed by atoms with E-state index in [1.54, 1.807) is 6.20 Å². The number of aromatic nitrogens is 6. The summed E-state index contributed by atoms with van der Waals surface area (Å²) in [5, 5.41) is 19.5. The number of nitrogens with zero attached hydrogens (tertiary/aromatic N) is 6. The molecule has 1 unspecified atom stereocenters. The fourth-order valence-electron chi connectivity index (χ4n) is 7.94. The van der Waals surface area contributed by atoms with Crippen molar-refractivity contribution in [2.45, 2.75) is 66.2 Å². The smallest absolute Gasteiger partial charge is 0.231 e. The van der Waals surface area contributed by atoms with Gasteiger partial charge >= 0.3 is 0 Å². The summed E-state index contributed by atoms with van der Waals surface area (Å²) in [6, 6.07) is 10.6. The Morgan fingerprint density at radius 2 is 1.35 bits per heavy atom. The molecule has 0 bridgehead atoms. The first kappa shape index (κ1) is 40.1. The number of anilines is 2. The molecule has 2 aliphatic heterocycles. The Balaban J connectivity index is 0.845. The number of hydrogen-bond acceptors (Lipinski definition) is 8. The molecule has 2 amide bonds. The maximum atomic E-state index is 15.5. The quantitative estimate of drug-likeness (QED) is 0.0952. The molecule has 1 atom stereocenters. The standard InChI is InChI=1S/C42H51F3N10O2/c1-41(2,39(56)49-38-34(45)36(51-53-38)30-21-31(43)24-46-22-30)13-18-54-16-11-26(12-17-54)28-9-7-15-55(25-28)19-14-42(3,4)40(57)48-37-33(44)35(50-52-37)29-20-27-8-5-6-10-32(27)47-23-29/h5-6,8,10,20-24,26,28H,7,9,11-19,25H2,1-4H3,(H2,48,50,52,57)(H2,49,51,53,56). The summed E-state index contributed by atoms with van der Waals surface area (Å²) in [6.45, 7) is 12.9. The Hall–Kier alpha value is -5.15. The molecule has 5 aromatic rings. The lowest BCUT2D eigenvalue weighted by atomic mass is 9.79. The Labute approximate surface area is 330 Å². The molecular weight excluding hydrogens is 734 g/mol. The number of carbonyl (C=O) groups excluding carboxylic acids is 2. The van der Waals surface area contributed by atoms with Crippen LogP contribution in [-0.4, -0.2) is 91.2 Å². The normalized spacial score (nSPS) is 17.6. The highest BCUT2D eigenvalue weighted by molar-refractivity contribution is 5.95. The Kier molecular flexibility index (Phi) is 11.8. The van der Waals surface area contributed by atoms with Crippen LogP contribution < -0.4 is 10.6 Å². The van der Waals surface area contributed by atoms with Gasteiger partial charge in [-0.3, -0.25) is 29.8 Å². The number of likely N-dealkylation sites (tertiary alicyclic amines) is 2. The molecule has 57 heavy (non-hydrogen) atoms. The summed E-state index contributed by atoms with van der Waals surface area (Å²) in [7, 11) is 0. The number of carbonyl (C=O) groups is 2. The molecule has 302 valence electrons. The Morgan fingerprint density at radius 3 is 1.98 bits per heavy atom. The fraction of sp³-hybridized carbons (Fsp3) is 0.476. The van der Waals surface area contributed by atoms with Gasteiger partial charge < -0.3 is 20.4 Å². The predicted molar refractivity (Wildman–Crippen MR) is 213 cm³/mol. The first-order valence-electron chi connectivity index (χ1n) is 19.8. The lowest BCUT2D eigenvalue weighted by Gasteiger charge is -2.42. The van der Waals surface area contributed by atoms with Crippen molar-refractivity contribution >= 4 is 34.4 Å². The van der Waals surface area contributed by atoms with Crippen molar-refractivity contribution in [3.05, 3.63) is 72.4 Å². The minimum Gasteiger partial charge on any atom is -0.306 e. The number of pyridine rings is 2. The summed E-state index contributed by atoms with van der Waals surface area (Å²) in [4.78, 5) is 39.7. The van der Waals surface area contributed by atoms with E-state index in [0.717, 1.165) is 81.7 Å². The van der Waals surface area contributed by atoms with E-state index in [0.29, 0.717) is 30.2 Å². The third-order valence-corrected chi connectivity index (χ3v) is 11.9. The van der Waals surface area contributed by atoms with Crippen LogP contribution in [0.4, 0.5) is 24.8 Å². The SMILES string of the molecule is CC(C)(CCN1CCC(C2CCCN(CCC(C)(C)C(=O)Nc3n[nH]c(-c4cnc5ccccc5c4)c3F)C2)CC1)C(=O)Nc1n[nH]c(-c2cncc(F)c2)c1F. The molecule has 7 rings (SSSR count). The average molecular weight is 785 g/mol.